The minimum atomic E-state index is -2.67. The normalized spacial score (nSPS) is 19.3. The van der Waals surface area contributed by atoms with Crippen molar-refractivity contribution >= 4 is 58.9 Å². The van der Waals surface area contributed by atoms with E-state index in [-0.39, 0.29) is 68.0 Å². The Morgan fingerprint density at radius 3 is 2.38 bits per heavy atom. The van der Waals surface area contributed by atoms with Crippen molar-refractivity contribution in [3.8, 4) is 5.75 Å². The number of ether oxygens (including phenoxy) is 2. The number of rotatable bonds is 15. The number of hydrogen-bond acceptors (Lipinski definition) is 8. The standard InChI is InChI=1S/C49H51N5O8Si/c1-32-47(63(3,4)39-21-19-38(61-2)20-22-39)44(28-46(57)52(24-25-55)30-33-10-6-5-7-11-33)62-49(32)41-27-37(54(59)60)18-23-43(41)53(48(49)58)31-34-14-16-36(17-15-34)51-45(56)26-35-29-50-42-13-9-8-12-40(35)42/h5-23,27,29,32,44,47,50,55H,24-26,28,30-31H2,1-4H3,(H,51,56)/t32-,44+,47-,49+/m0/s1. The zero-order valence-electron chi connectivity index (χ0n) is 35.7. The molecule has 0 aliphatic carbocycles. The van der Waals surface area contributed by atoms with Crippen molar-refractivity contribution in [1.82, 2.24) is 9.88 Å². The van der Waals surface area contributed by atoms with E-state index in [0.29, 0.717) is 22.7 Å². The molecule has 14 heteroatoms. The van der Waals surface area contributed by atoms with Crippen LogP contribution in [-0.4, -0.2) is 72.1 Å². The molecule has 3 amide bonds. The monoisotopic (exact) mass is 865 g/mol. The fourth-order valence-electron chi connectivity index (χ4n) is 9.82. The molecule has 3 N–H and O–H groups in total. The molecule has 1 saturated heterocycles. The van der Waals surface area contributed by atoms with Gasteiger partial charge in [-0.25, -0.2) is 0 Å². The maximum Gasteiger partial charge on any atom is 0.269 e. The highest BCUT2D eigenvalue weighted by Crippen LogP contribution is 2.60. The molecule has 1 spiro atoms. The molecule has 1 fully saturated rings. The van der Waals surface area contributed by atoms with E-state index in [1.165, 1.54) is 12.1 Å². The van der Waals surface area contributed by atoms with Crippen LogP contribution in [0.1, 0.15) is 35.6 Å². The molecule has 0 unspecified atom stereocenters. The van der Waals surface area contributed by atoms with Crippen LogP contribution in [0.4, 0.5) is 17.1 Å². The number of aromatic amines is 1. The van der Waals surface area contributed by atoms with Crippen LogP contribution in [0.25, 0.3) is 10.9 Å². The lowest BCUT2D eigenvalue weighted by molar-refractivity contribution is -0.385. The number of hydrogen-bond donors (Lipinski definition) is 3. The molecule has 324 valence electrons. The zero-order valence-corrected chi connectivity index (χ0v) is 36.7. The second kappa shape index (κ2) is 17.6. The van der Waals surface area contributed by atoms with E-state index in [2.05, 4.69) is 23.4 Å². The number of non-ortho nitro benzene ring substituents is 1. The van der Waals surface area contributed by atoms with Gasteiger partial charge in [0.2, 0.25) is 11.8 Å². The van der Waals surface area contributed by atoms with Gasteiger partial charge in [0, 0.05) is 59.5 Å². The lowest BCUT2D eigenvalue weighted by atomic mass is 9.82. The number of nitro benzene ring substituents is 1. The van der Waals surface area contributed by atoms with Crippen LogP contribution in [0.5, 0.6) is 5.75 Å². The molecule has 3 heterocycles. The Morgan fingerprint density at radius 2 is 1.68 bits per heavy atom. The third-order valence-electron chi connectivity index (χ3n) is 12.9. The number of H-pyrrole nitrogens is 1. The maximum absolute atomic E-state index is 15.4. The fourth-order valence-corrected chi connectivity index (χ4v) is 13.8. The summed E-state index contributed by atoms with van der Waals surface area (Å²) in [4.78, 5) is 61.2. The minimum Gasteiger partial charge on any atom is -0.497 e. The van der Waals surface area contributed by atoms with E-state index in [9.17, 15) is 24.8 Å². The lowest BCUT2D eigenvalue weighted by Gasteiger charge is -2.37. The number of nitro groups is 1. The van der Waals surface area contributed by atoms with Gasteiger partial charge in [0.1, 0.15) is 5.75 Å². The predicted octanol–water partition coefficient (Wildman–Crippen LogP) is 7.44. The Bertz CT molecular complexity index is 2650. The smallest absolute Gasteiger partial charge is 0.269 e. The molecule has 63 heavy (non-hydrogen) atoms. The van der Waals surface area contributed by atoms with Gasteiger partial charge in [0.05, 0.1) is 57.9 Å². The fraction of sp³-hybridized carbons (Fsp3) is 0.286. The van der Waals surface area contributed by atoms with Gasteiger partial charge in [-0.1, -0.05) is 98.0 Å². The average molecular weight is 866 g/mol. The predicted molar refractivity (Wildman–Crippen MR) is 244 cm³/mol. The molecule has 4 atom stereocenters. The van der Waals surface area contributed by atoms with Crippen LogP contribution in [0.15, 0.2) is 128 Å². The average Bonchev–Trinajstić information content (AvgIpc) is 3.90. The highest BCUT2D eigenvalue weighted by molar-refractivity contribution is 6.91. The van der Waals surface area contributed by atoms with Gasteiger partial charge in [0.25, 0.3) is 11.6 Å². The molecule has 2 aliphatic rings. The molecule has 5 aromatic carbocycles. The number of para-hydroxylation sites is 1. The number of amides is 3. The lowest BCUT2D eigenvalue weighted by Crippen LogP contribution is -2.52. The molecule has 13 nitrogen and oxygen atoms in total. The Labute approximate surface area is 366 Å². The molecule has 0 bridgehead atoms. The Hall–Kier alpha value is -6.61. The van der Waals surface area contributed by atoms with Crippen molar-refractivity contribution < 1.29 is 33.9 Å². The van der Waals surface area contributed by atoms with E-state index < -0.39 is 30.6 Å². The van der Waals surface area contributed by atoms with Crippen LogP contribution >= 0.6 is 0 Å². The summed E-state index contributed by atoms with van der Waals surface area (Å²) in [5.74, 6) is -0.589. The third kappa shape index (κ3) is 8.24. The van der Waals surface area contributed by atoms with Crippen LogP contribution in [0, 0.1) is 16.0 Å². The number of aliphatic hydroxyl groups is 1. The summed E-state index contributed by atoms with van der Waals surface area (Å²) in [5, 5.41) is 27.4. The number of carbonyl (C=O) groups excluding carboxylic acids is 3. The number of carbonyl (C=O) groups is 3. The van der Waals surface area contributed by atoms with Gasteiger partial charge in [0.15, 0.2) is 5.60 Å². The number of nitrogens with one attached hydrogen (secondary N) is 2. The first-order valence-corrected chi connectivity index (χ1v) is 24.2. The van der Waals surface area contributed by atoms with Crippen molar-refractivity contribution in [2.45, 2.75) is 63.2 Å². The van der Waals surface area contributed by atoms with Crippen molar-refractivity contribution in [2.24, 2.45) is 5.92 Å². The summed E-state index contributed by atoms with van der Waals surface area (Å²) >= 11 is 0. The number of nitrogens with zero attached hydrogens (tertiary/aromatic N) is 3. The van der Waals surface area contributed by atoms with Gasteiger partial charge in [-0.2, -0.15) is 0 Å². The summed E-state index contributed by atoms with van der Waals surface area (Å²) in [7, 11) is -1.07. The minimum absolute atomic E-state index is 0.0682. The van der Waals surface area contributed by atoms with Crippen LogP contribution in [-0.2, 0) is 44.2 Å². The Kier molecular flexibility index (Phi) is 12.1. The molecular formula is C49H51N5O8Si. The molecular weight excluding hydrogens is 815 g/mol. The summed E-state index contributed by atoms with van der Waals surface area (Å²) < 4.78 is 12.6. The first-order valence-electron chi connectivity index (χ1n) is 21.1. The largest absolute Gasteiger partial charge is 0.497 e. The van der Waals surface area contributed by atoms with E-state index in [1.54, 1.807) is 35.1 Å². The number of fused-ring (bicyclic) bond motifs is 3. The van der Waals surface area contributed by atoms with Gasteiger partial charge in [-0.05, 0) is 58.6 Å². The Balaban J connectivity index is 1.11. The van der Waals surface area contributed by atoms with Gasteiger partial charge >= 0.3 is 0 Å². The van der Waals surface area contributed by atoms with Gasteiger partial charge < -0.3 is 34.7 Å². The first kappa shape index (κ1) is 43.1. The topological polar surface area (TPSA) is 167 Å². The van der Waals surface area contributed by atoms with E-state index >= 15 is 4.79 Å². The summed E-state index contributed by atoms with van der Waals surface area (Å²) in [6, 6.07) is 37.0. The Morgan fingerprint density at radius 1 is 0.968 bits per heavy atom. The second-order valence-corrected chi connectivity index (χ2v) is 21.7. The quantitative estimate of drug-likeness (QED) is 0.0544. The molecule has 0 radical (unpaired) electrons. The molecule has 6 aromatic rings. The van der Waals surface area contributed by atoms with E-state index in [1.807, 2.05) is 104 Å². The third-order valence-corrected chi connectivity index (χ3v) is 17.3. The number of methoxy groups -OCH3 is 1. The van der Waals surface area contributed by atoms with Crippen LogP contribution < -0.4 is 20.1 Å². The van der Waals surface area contributed by atoms with Gasteiger partial charge in [-0.3, -0.25) is 24.5 Å². The molecule has 1 aromatic heterocycles. The molecule has 2 aliphatic heterocycles. The number of anilines is 2. The van der Waals surface area contributed by atoms with Crippen molar-refractivity contribution in [3.05, 3.63) is 160 Å². The number of aromatic nitrogens is 1. The van der Waals surface area contributed by atoms with Crippen LogP contribution in [0.3, 0.4) is 0 Å². The maximum atomic E-state index is 15.4. The number of aliphatic hydroxyl groups excluding tert-OH is 1. The first-order chi connectivity index (χ1) is 30.3. The van der Waals surface area contributed by atoms with E-state index in [0.717, 1.165) is 32.8 Å². The number of benzene rings is 5. The van der Waals surface area contributed by atoms with Gasteiger partial charge in [-0.15, -0.1) is 0 Å². The summed E-state index contributed by atoms with van der Waals surface area (Å²) in [6.07, 6.45) is 1.21. The zero-order chi connectivity index (χ0) is 44.5. The molecule has 0 saturated carbocycles. The second-order valence-electron chi connectivity index (χ2n) is 17.0. The molecule has 8 rings (SSSR count). The van der Waals surface area contributed by atoms with Crippen molar-refractivity contribution in [1.29, 1.82) is 0 Å². The highest BCUT2D eigenvalue weighted by atomic mass is 28.3. The summed E-state index contributed by atoms with van der Waals surface area (Å²) in [6.45, 7) is 6.67. The van der Waals surface area contributed by atoms with Crippen molar-refractivity contribution in [2.75, 3.05) is 30.5 Å². The van der Waals surface area contributed by atoms with Crippen molar-refractivity contribution in [3.63, 3.8) is 0 Å². The SMILES string of the molecule is COc1ccc([Si](C)(C)[C@@H]2[C@@H](CC(=O)N(CCO)Cc3ccccc3)O[C@]3(C(=O)N(Cc4ccc(NC(=O)Cc5c[nH]c6ccccc56)cc4)c4ccc([N+](=O)[O-])cc43)[C@H]2C)cc1. The summed E-state index contributed by atoms with van der Waals surface area (Å²) in [5.41, 5.74) is 2.87. The van der Waals surface area contributed by atoms with E-state index in [4.69, 9.17) is 9.47 Å². The van der Waals surface area contributed by atoms with Crippen LogP contribution in [0.2, 0.25) is 18.6 Å². The highest BCUT2D eigenvalue weighted by Gasteiger charge is 2.66.